The third-order valence-electron chi connectivity index (χ3n) is 2.83. The molecule has 0 amide bonds. The lowest BCUT2D eigenvalue weighted by Crippen LogP contribution is -1.95. The van der Waals surface area contributed by atoms with Crippen LogP contribution in [0.2, 0.25) is 5.02 Å². The van der Waals surface area contributed by atoms with Gasteiger partial charge in [-0.2, -0.15) is 0 Å². The molecule has 106 valence electrons. The molecule has 0 spiro atoms. The SMILES string of the molecule is Nc1ccccc1-c1nnc(COc2ccc(Cl)cc2)o1. The van der Waals surface area contributed by atoms with E-state index in [1.54, 1.807) is 30.3 Å². The van der Waals surface area contributed by atoms with E-state index in [4.69, 9.17) is 26.5 Å². The molecular weight excluding hydrogens is 290 g/mol. The van der Waals surface area contributed by atoms with Crippen molar-refractivity contribution in [1.82, 2.24) is 10.2 Å². The Kier molecular flexibility index (Phi) is 3.75. The standard InChI is InChI=1S/C15H12ClN3O2/c16-10-5-7-11(8-6-10)20-9-14-18-19-15(21-14)12-3-1-2-4-13(12)17/h1-8H,9,17H2. The molecule has 0 unspecified atom stereocenters. The summed E-state index contributed by atoms with van der Waals surface area (Å²) in [6.45, 7) is 0.182. The molecule has 0 radical (unpaired) electrons. The highest BCUT2D eigenvalue weighted by Gasteiger charge is 2.11. The number of halogens is 1. The molecule has 0 aliphatic rings. The molecule has 5 nitrogen and oxygen atoms in total. The Morgan fingerprint density at radius 2 is 1.81 bits per heavy atom. The van der Waals surface area contributed by atoms with E-state index in [2.05, 4.69) is 10.2 Å². The quantitative estimate of drug-likeness (QED) is 0.746. The fourth-order valence-electron chi connectivity index (χ4n) is 1.79. The van der Waals surface area contributed by atoms with Gasteiger partial charge in [-0.25, -0.2) is 0 Å². The zero-order valence-electron chi connectivity index (χ0n) is 11.0. The van der Waals surface area contributed by atoms with Crippen molar-refractivity contribution in [3.63, 3.8) is 0 Å². The Morgan fingerprint density at radius 1 is 1.05 bits per heavy atom. The van der Waals surface area contributed by atoms with Crippen molar-refractivity contribution in [2.45, 2.75) is 6.61 Å². The van der Waals surface area contributed by atoms with Crippen LogP contribution in [0.15, 0.2) is 52.9 Å². The Labute approximate surface area is 126 Å². The van der Waals surface area contributed by atoms with Gasteiger partial charge in [-0.3, -0.25) is 0 Å². The Morgan fingerprint density at radius 3 is 2.57 bits per heavy atom. The highest BCUT2D eigenvalue weighted by atomic mass is 35.5. The monoisotopic (exact) mass is 301 g/mol. The Hall–Kier alpha value is -2.53. The van der Waals surface area contributed by atoms with Crippen molar-refractivity contribution in [3.05, 3.63) is 59.4 Å². The summed E-state index contributed by atoms with van der Waals surface area (Å²) < 4.78 is 11.1. The van der Waals surface area contributed by atoms with Crippen molar-refractivity contribution in [2.75, 3.05) is 5.73 Å². The second-order valence-electron chi connectivity index (χ2n) is 4.33. The molecule has 0 bridgehead atoms. The van der Waals surface area contributed by atoms with Gasteiger partial charge in [-0.15, -0.1) is 10.2 Å². The predicted octanol–water partition coefficient (Wildman–Crippen LogP) is 3.55. The highest BCUT2D eigenvalue weighted by Crippen LogP contribution is 2.24. The van der Waals surface area contributed by atoms with Crippen molar-refractivity contribution < 1.29 is 9.15 Å². The largest absolute Gasteiger partial charge is 0.484 e. The number of hydrogen-bond acceptors (Lipinski definition) is 5. The molecular formula is C15H12ClN3O2. The van der Waals surface area contributed by atoms with Gasteiger partial charge in [0.1, 0.15) is 5.75 Å². The number of nitrogens with two attached hydrogens (primary N) is 1. The van der Waals surface area contributed by atoms with Gasteiger partial charge in [0.15, 0.2) is 6.61 Å². The fourth-order valence-corrected chi connectivity index (χ4v) is 1.91. The lowest BCUT2D eigenvalue weighted by atomic mass is 10.2. The number of para-hydroxylation sites is 1. The van der Waals surface area contributed by atoms with E-state index in [1.165, 1.54) is 0 Å². The second-order valence-corrected chi connectivity index (χ2v) is 4.77. The molecule has 2 N–H and O–H groups in total. The summed E-state index contributed by atoms with van der Waals surface area (Å²) in [5, 5.41) is 8.57. The van der Waals surface area contributed by atoms with Crippen LogP contribution in [0.1, 0.15) is 5.89 Å². The molecule has 1 aromatic heterocycles. The number of anilines is 1. The van der Waals surface area contributed by atoms with Crippen LogP contribution in [0.25, 0.3) is 11.5 Å². The minimum absolute atomic E-state index is 0.182. The number of benzene rings is 2. The molecule has 0 atom stereocenters. The van der Waals surface area contributed by atoms with Crippen molar-refractivity contribution in [1.29, 1.82) is 0 Å². The van der Waals surface area contributed by atoms with Crippen LogP contribution >= 0.6 is 11.6 Å². The van der Waals surface area contributed by atoms with Crippen LogP contribution in [0, 0.1) is 0 Å². The first-order valence-corrected chi connectivity index (χ1v) is 6.66. The van der Waals surface area contributed by atoms with Gasteiger partial charge in [0.25, 0.3) is 5.89 Å². The van der Waals surface area contributed by atoms with Crippen LogP contribution in [-0.2, 0) is 6.61 Å². The van der Waals surface area contributed by atoms with E-state index in [1.807, 2.05) is 18.2 Å². The summed E-state index contributed by atoms with van der Waals surface area (Å²) in [5.74, 6) is 1.43. The van der Waals surface area contributed by atoms with E-state index in [9.17, 15) is 0 Å². The van der Waals surface area contributed by atoms with Gasteiger partial charge >= 0.3 is 0 Å². The summed E-state index contributed by atoms with van der Waals surface area (Å²) in [4.78, 5) is 0. The summed E-state index contributed by atoms with van der Waals surface area (Å²) in [6, 6.07) is 14.4. The van der Waals surface area contributed by atoms with E-state index >= 15 is 0 Å². The Balaban J connectivity index is 1.71. The third-order valence-corrected chi connectivity index (χ3v) is 3.09. The molecule has 0 saturated carbocycles. The summed E-state index contributed by atoms with van der Waals surface area (Å²) in [7, 11) is 0. The normalized spacial score (nSPS) is 10.5. The first-order chi connectivity index (χ1) is 10.2. The number of aromatic nitrogens is 2. The Bertz CT molecular complexity index is 741. The van der Waals surface area contributed by atoms with E-state index in [0.29, 0.717) is 33.8 Å². The average molecular weight is 302 g/mol. The van der Waals surface area contributed by atoms with E-state index in [-0.39, 0.29) is 6.61 Å². The second kappa shape index (κ2) is 5.85. The van der Waals surface area contributed by atoms with Gasteiger partial charge in [-0.05, 0) is 36.4 Å². The zero-order chi connectivity index (χ0) is 14.7. The maximum atomic E-state index is 5.87. The van der Waals surface area contributed by atoms with Gasteiger partial charge in [0.2, 0.25) is 5.89 Å². The lowest BCUT2D eigenvalue weighted by molar-refractivity contribution is 0.264. The topological polar surface area (TPSA) is 74.2 Å². The minimum atomic E-state index is 0.182. The maximum Gasteiger partial charge on any atom is 0.254 e. The number of hydrogen-bond donors (Lipinski definition) is 1. The van der Waals surface area contributed by atoms with Crippen molar-refractivity contribution >= 4 is 17.3 Å². The molecule has 1 heterocycles. The van der Waals surface area contributed by atoms with Crippen molar-refractivity contribution in [3.8, 4) is 17.2 Å². The number of ether oxygens (including phenoxy) is 1. The summed E-state index contributed by atoms with van der Waals surface area (Å²) in [6.07, 6.45) is 0. The van der Waals surface area contributed by atoms with Crippen LogP contribution in [0.4, 0.5) is 5.69 Å². The average Bonchev–Trinajstić information content (AvgIpc) is 2.96. The van der Waals surface area contributed by atoms with Crippen LogP contribution in [0.5, 0.6) is 5.75 Å². The van der Waals surface area contributed by atoms with Crippen LogP contribution in [-0.4, -0.2) is 10.2 Å². The molecule has 0 fully saturated rings. The summed E-state index contributed by atoms with van der Waals surface area (Å²) >= 11 is 5.81. The van der Waals surface area contributed by atoms with E-state index in [0.717, 1.165) is 0 Å². The smallest absolute Gasteiger partial charge is 0.254 e. The molecule has 0 aliphatic heterocycles. The highest BCUT2D eigenvalue weighted by molar-refractivity contribution is 6.30. The molecule has 6 heteroatoms. The van der Waals surface area contributed by atoms with Gasteiger partial charge in [0.05, 0.1) is 5.56 Å². The molecule has 0 aliphatic carbocycles. The van der Waals surface area contributed by atoms with Crippen LogP contribution < -0.4 is 10.5 Å². The molecule has 3 aromatic rings. The van der Waals surface area contributed by atoms with Crippen molar-refractivity contribution in [2.24, 2.45) is 0 Å². The predicted molar refractivity (Wildman–Crippen MR) is 79.9 cm³/mol. The maximum absolute atomic E-state index is 5.87. The zero-order valence-corrected chi connectivity index (χ0v) is 11.7. The number of nitrogens with zero attached hydrogens (tertiary/aromatic N) is 2. The van der Waals surface area contributed by atoms with Gasteiger partial charge in [-0.1, -0.05) is 23.7 Å². The molecule has 21 heavy (non-hydrogen) atoms. The number of rotatable bonds is 4. The molecule has 3 rings (SSSR count). The van der Waals surface area contributed by atoms with Crippen LogP contribution in [0.3, 0.4) is 0 Å². The minimum Gasteiger partial charge on any atom is -0.484 e. The third kappa shape index (κ3) is 3.14. The first kappa shape index (κ1) is 13.5. The molecule has 2 aromatic carbocycles. The lowest BCUT2D eigenvalue weighted by Gasteiger charge is -2.02. The fraction of sp³-hybridized carbons (Fsp3) is 0.0667. The first-order valence-electron chi connectivity index (χ1n) is 6.28. The van der Waals surface area contributed by atoms with E-state index < -0.39 is 0 Å². The summed E-state index contributed by atoms with van der Waals surface area (Å²) in [5.41, 5.74) is 7.17. The van der Waals surface area contributed by atoms with Gasteiger partial charge < -0.3 is 14.9 Å². The molecule has 0 saturated heterocycles. The number of nitrogen functional groups attached to an aromatic ring is 1. The van der Waals surface area contributed by atoms with Gasteiger partial charge in [0, 0.05) is 10.7 Å².